The van der Waals surface area contributed by atoms with Crippen LogP contribution in [-0.4, -0.2) is 45.5 Å². The van der Waals surface area contributed by atoms with Crippen molar-refractivity contribution in [3.05, 3.63) is 35.9 Å². The molecule has 0 unspecified atom stereocenters. The molecule has 0 spiro atoms. The van der Waals surface area contributed by atoms with Crippen LogP contribution in [-0.2, 0) is 21.1 Å². The van der Waals surface area contributed by atoms with Crippen molar-refractivity contribution in [2.75, 3.05) is 31.1 Å². The number of benzene rings is 1. The predicted molar refractivity (Wildman–Crippen MR) is 92.2 cm³/mol. The van der Waals surface area contributed by atoms with Crippen LogP contribution in [0.25, 0.3) is 0 Å². The van der Waals surface area contributed by atoms with E-state index in [0.717, 1.165) is 12.1 Å². The van der Waals surface area contributed by atoms with Crippen LogP contribution in [0.3, 0.4) is 0 Å². The lowest BCUT2D eigenvalue weighted by molar-refractivity contribution is -0.118. The fourth-order valence-corrected chi connectivity index (χ4v) is 3.16. The molecule has 0 atom stereocenters. The Balaban J connectivity index is 0.00000441. The minimum Gasteiger partial charge on any atom is -0.354 e. The third-order valence-electron chi connectivity index (χ3n) is 2.99. The molecule has 1 aromatic carbocycles. The van der Waals surface area contributed by atoms with Crippen LogP contribution in [0.2, 0.25) is 0 Å². The normalized spacial score (nSPS) is 10.8. The van der Waals surface area contributed by atoms with Gasteiger partial charge in [-0.05, 0) is 24.9 Å². The molecular weight excluding hydrogens is 324 g/mol. The molecule has 0 aromatic heterocycles. The van der Waals surface area contributed by atoms with Crippen molar-refractivity contribution in [1.29, 1.82) is 0 Å². The average molecular weight is 349 g/mol. The number of likely N-dealkylation sites (N-methyl/N-ethyl adjacent to an activating group) is 1. The maximum Gasteiger partial charge on any atom is 0.235 e. The lowest BCUT2D eigenvalue weighted by Gasteiger charge is -2.07. The monoisotopic (exact) mass is 348 g/mol. The topological polar surface area (TPSA) is 75.3 Å². The first kappa shape index (κ1) is 20.9. The summed E-state index contributed by atoms with van der Waals surface area (Å²) in [5.74, 6) is -0.802. The fraction of sp³-hybridized carbons (Fsp3) is 0.533. The Morgan fingerprint density at radius 1 is 1.14 bits per heavy atom. The molecule has 0 saturated carbocycles. The first-order valence-corrected chi connectivity index (χ1v) is 9.07. The van der Waals surface area contributed by atoms with E-state index in [1.165, 1.54) is 0 Å². The molecule has 0 aliphatic heterocycles. The summed E-state index contributed by atoms with van der Waals surface area (Å²) >= 11 is 0. The zero-order valence-corrected chi connectivity index (χ0v) is 14.5. The van der Waals surface area contributed by atoms with Crippen LogP contribution in [0.1, 0.15) is 18.9 Å². The van der Waals surface area contributed by atoms with Gasteiger partial charge in [-0.1, -0.05) is 37.3 Å². The van der Waals surface area contributed by atoms with Gasteiger partial charge in [0.05, 0.1) is 5.75 Å². The minimum absolute atomic E-state index is 0. The Morgan fingerprint density at radius 3 is 2.45 bits per heavy atom. The predicted octanol–water partition coefficient (Wildman–Crippen LogP) is 1.18. The Hall–Kier alpha value is -1.11. The van der Waals surface area contributed by atoms with E-state index in [1.807, 2.05) is 37.3 Å². The molecule has 22 heavy (non-hydrogen) atoms. The summed E-state index contributed by atoms with van der Waals surface area (Å²) in [6.07, 6.45) is 1.25. The summed E-state index contributed by atoms with van der Waals surface area (Å²) in [6.45, 7) is 3.90. The van der Waals surface area contributed by atoms with E-state index < -0.39 is 21.5 Å². The van der Waals surface area contributed by atoms with Gasteiger partial charge in [-0.3, -0.25) is 4.79 Å². The summed E-state index contributed by atoms with van der Waals surface area (Å²) in [5.41, 5.74) is 1.11. The van der Waals surface area contributed by atoms with Crippen LogP contribution in [0.4, 0.5) is 0 Å². The second-order valence-electron chi connectivity index (χ2n) is 4.88. The van der Waals surface area contributed by atoms with Crippen molar-refractivity contribution < 1.29 is 13.2 Å². The van der Waals surface area contributed by atoms with Gasteiger partial charge in [0, 0.05) is 13.1 Å². The van der Waals surface area contributed by atoms with Crippen molar-refractivity contribution in [2.45, 2.75) is 19.8 Å². The largest absolute Gasteiger partial charge is 0.354 e. The zero-order chi connectivity index (χ0) is 15.6. The van der Waals surface area contributed by atoms with E-state index in [1.54, 1.807) is 0 Å². The maximum atomic E-state index is 11.8. The van der Waals surface area contributed by atoms with E-state index in [2.05, 4.69) is 10.6 Å². The number of aryl methyl sites for hydroxylation is 1. The van der Waals surface area contributed by atoms with Gasteiger partial charge in [-0.25, -0.2) is 8.42 Å². The molecule has 126 valence electrons. The molecule has 0 saturated heterocycles. The summed E-state index contributed by atoms with van der Waals surface area (Å²) in [5, 5.41) is 5.66. The number of sulfone groups is 1. The number of halogens is 1. The highest BCUT2D eigenvalue weighted by Crippen LogP contribution is 2.04. The molecule has 0 aliphatic carbocycles. The van der Waals surface area contributed by atoms with E-state index in [0.29, 0.717) is 25.9 Å². The number of amides is 1. The molecule has 0 aliphatic rings. The van der Waals surface area contributed by atoms with Crippen molar-refractivity contribution in [1.82, 2.24) is 10.6 Å². The number of hydrogen-bond donors (Lipinski definition) is 2. The third kappa shape index (κ3) is 9.76. The van der Waals surface area contributed by atoms with E-state index in [9.17, 15) is 13.2 Å². The SMILES string of the molecule is CCNCCNC(=O)CS(=O)(=O)CCCc1ccccc1.Cl. The molecule has 0 radical (unpaired) electrons. The quantitative estimate of drug-likeness (QED) is 0.623. The van der Waals surface area contributed by atoms with Gasteiger partial charge in [0.25, 0.3) is 0 Å². The summed E-state index contributed by atoms with van der Waals surface area (Å²) in [6, 6.07) is 9.74. The Morgan fingerprint density at radius 2 is 1.82 bits per heavy atom. The summed E-state index contributed by atoms with van der Waals surface area (Å²) < 4.78 is 23.7. The number of carbonyl (C=O) groups excluding carboxylic acids is 1. The molecule has 7 heteroatoms. The number of carbonyl (C=O) groups is 1. The molecule has 0 heterocycles. The van der Waals surface area contributed by atoms with Gasteiger partial charge < -0.3 is 10.6 Å². The Labute approximate surface area is 139 Å². The standard InChI is InChI=1S/C15H24N2O3S.ClH/c1-2-16-10-11-17-15(18)13-21(19,20)12-6-9-14-7-4-3-5-8-14;/h3-5,7-8,16H,2,6,9-13H2,1H3,(H,17,18);1H. The molecule has 0 fully saturated rings. The second kappa shape index (κ2) is 11.5. The van der Waals surface area contributed by atoms with E-state index in [-0.39, 0.29) is 18.2 Å². The summed E-state index contributed by atoms with van der Waals surface area (Å²) in [4.78, 5) is 11.5. The lowest BCUT2D eigenvalue weighted by Crippen LogP contribution is -2.36. The van der Waals surface area contributed by atoms with E-state index >= 15 is 0 Å². The number of rotatable bonds is 10. The molecule has 1 aromatic rings. The van der Waals surface area contributed by atoms with Crippen LogP contribution in [0.5, 0.6) is 0 Å². The summed E-state index contributed by atoms with van der Waals surface area (Å²) in [7, 11) is -3.33. The molecular formula is C15H25ClN2O3S. The third-order valence-corrected chi connectivity index (χ3v) is 4.60. The molecule has 2 N–H and O–H groups in total. The first-order valence-electron chi connectivity index (χ1n) is 7.25. The second-order valence-corrected chi connectivity index (χ2v) is 7.07. The number of hydrogen-bond acceptors (Lipinski definition) is 4. The maximum absolute atomic E-state index is 11.8. The van der Waals surface area contributed by atoms with Crippen molar-refractivity contribution in [3.63, 3.8) is 0 Å². The lowest BCUT2D eigenvalue weighted by atomic mass is 10.1. The molecule has 1 amide bonds. The highest BCUT2D eigenvalue weighted by Gasteiger charge is 2.15. The highest BCUT2D eigenvalue weighted by atomic mass is 35.5. The van der Waals surface area contributed by atoms with Gasteiger partial charge in [0.15, 0.2) is 9.84 Å². The van der Waals surface area contributed by atoms with Crippen LogP contribution in [0.15, 0.2) is 30.3 Å². The van der Waals surface area contributed by atoms with Crippen molar-refractivity contribution >= 4 is 28.2 Å². The minimum atomic E-state index is -3.33. The van der Waals surface area contributed by atoms with Crippen LogP contribution < -0.4 is 10.6 Å². The molecule has 0 bridgehead atoms. The van der Waals surface area contributed by atoms with Gasteiger partial charge >= 0.3 is 0 Å². The fourth-order valence-electron chi connectivity index (χ4n) is 1.93. The average Bonchev–Trinajstić information content (AvgIpc) is 2.44. The highest BCUT2D eigenvalue weighted by molar-refractivity contribution is 7.92. The Bertz CT molecular complexity index is 521. The Kier molecular flexibility index (Phi) is 10.9. The number of nitrogens with one attached hydrogen (secondary N) is 2. The van der Waals surface area contributed by atoms with Crippen molar-refractivity contribution in [3.8, 4) is 0 Å². The van der Waals surface area contributed by atoms with Crippen LogP contribution in [0, 0.1) is 0 Å². The van der Waals surface area contributed by atoms with Crippen LogP contribution >= 0.6 is 12.4 Å². The van der Waals surface area contributed by atoms with Crippen molar-refractivity contribution in [2.24, 2.45) is 0 Å². The smallest absolute Gasteiger partial charge is 0.235 e. The molecule has 5 nitrogen and oxygen atoms in total. The molecule has 1 rings (SSSR count). The van der Waals surface area contributed by atoms with Gasteiger partial charge in [-0.15, -0.1) is 12.4 Å². The zero-order valence-electron chi connectivity index (χ0n) is 12.9. The van der Waals surface area contributed by atoms with Gasteiger partial charge in [0.2, 0.25) is 5.91 Å². The first-order chi connectivity index (χ1) is 10.0. The van der Waals surface area contributed by atoms with Gasteiger partial charge in [-0.2, -0.15) is 0 Å². The van der Waals surface area contributed by atoms with E-state index in [4.69, 9.17) is 0 Å². The van der Waals surface area contributed by atoms with Gasteiger partial charge in [0.1, 0.15) is 5.75 Å².